The van der Waals surface area contributed by atoms with Gasteiger partial charge in [0.2, 0.25) is 5.91 Å². The third-order valence-electron chi connectivity index (χ3n) is 4.39. The summed E-state index contributed by atoms with van der Waals surface area (Å²) in [6.07, 6.45) is 0.380. The number of aliphatic hydroxyl groups is 1. The molecule has 22 heavy (non-hydrogen) atoms. The van der Waals surface area contributed by atoms with Gasteiger partial charge in [-0.05, 0) is 18.6 Å². The number of benzene rings is 1. The predicted molar refractivity (Wildman–Crippen MR) is 77.1 cm³/mol. The second-order valence-corrected chi connectivity index (χ2v) is 5.65. The van der Waals surface area contributed by atoms with Crippen molar-refractivity contribution in [1.29, 1.82) is 0 Å². The van der Waals surface area contributed by atoms with Crippen LogP contribution in [-0.4, -0.2) is 49.0 Å². The zero-order chi connectivity index (χ0) is 15.3. The van der Waals surface area contributed by atoms with Crippen LogP contribution in [0.3, 0.4) is 0 Å². The monoisotopic (exact) mass is 304 g/mol. The van der Waals surface area contributed by atoms with Crippen molar-refractivity contribution in [3.8, 4) is 5.75 Å². The maximum Gasteiger partial charge on any atom is 0.415 e. The molecular weight excluding hydrogens is 288 g/mol. The number of rotatable bonds is 2. The van der Waals surface area contributed by atoms with Gasteiger partial charge in [-0.25, -0.2) is 4.79 Å². The lowest BCUT2D eigenvalue weighted by molar-refractivity contribution is -0.117. The van der Waals surface area contributed by atoms with Crippen LogP contribution >= 0.6 is 0 Å². The van der Waals surface area contributed by atoms with Crippen molar-refractivity contribution in [2.45, 2.75) is 25.0 Å². The van der Waals surface area contributed by atoms with Gasteiger partial charge in [0, 0.05) is 24.7 Å². The van der Waals surface area contributed by atoms with E-state index in [1.165, 1.54) is 4.90 Å². The molecule has 1 N–H and O–H groups in total. The molecule has 1 aromatic rings. The third-order valence-corrected chi connectivity index (χ3v) is 4.39. The molecule has 3 heterocycles. The van der Waals surface area contributed by atoms with E-state index >= 15 is 0 Å². The predicted octanol–water partition coefficient (Wildman–Crippen LogP) is 0.892. The first-order valence-corrected chi connectivity index (χ1v) is 7.37. The fourth-order valence-electron chi connectivity index (χ4n) is 3.27. The number of carbonyl (C=O) groups is 2. The maximum absolute atomic E-state index is 12.0. The van der Waals surface area contributed by atoms with Crippen molar-refractivity contribution in [3.05, 3.63) is 18.2 Å². The van der Waals surface area contributed by atoms with Gasteiger partial charge in [0.05, 0.1) is 12.3 Å². The van der Waals surface area contributed by atoms with Crippen molar-refractivity contribution in [1.82, 2.24) is 0 Å². The largest absolute Gasteiger partial charge is 0.489 e. The molecular formula is C15H16N2O5. The van der Waals surface area contributed by atoms with E-state index in [0.717, 1.165) is 12.1 Å². The first-order chi connectivity index (χ1) is 10.7. The second kappa shape index (κ2) is 4.88. The minimum Gasteiger partial charge on any atom is -0.489 e. The van der Waals surface area contributed by atoms with Crippen LogP contribution in [-0.2, 0) is 9.53 Å². The Morgan fingerprint density at radius 1 is 1.32 bits per heavy atom. The molecule has 116 valence electrons. The highest BCUT2D eigenvalue weighted by Crippen LogP contribution is 2.41. The normalized spacial score (nSPS) is 26.6. The summed E-state index contributed by atoms with van der Waals surface area (Å²) in [5.41, 5.74) is 1.40. The molecule has 0 saturated carbocycles. The van der Waals surface area contributed by atoms with Crippen LogP contribution in [0.15, 0.2) is 18.2 Å². The minimum atomic E-state index is -0.569. The van der Waals surface area contributed by atoms with Crippen molar-refractivity contribution < 1.29 is 24.2 Å². The molecule has 7 nitrogen and oxygen atoms in total. The van der Waals surface area contributed by atoms with E-state index in [0.29, 0.717) is 24.4 Å². The minimum absolute atomic E-state index is 0.106. The molecule has 3 aliphatic heterocycles. The molecule has 0 spiro atoms. The van der Waals surface area contributed by atoms with Crippen LogP contribution < -0.4 is 14.5 Å². The van der Waals surface area contributed by atoms with E-state index in [1.807, 2.05) is 6.07 Å². The van der Waals surface area contributed by atoms with Gasteiger partial charge in [-0.3, -0.25) is 9.69 Å². The number of aliphatic hydroxyl groups excluding tert-OH is 1. The van der Waals surface area contributed by atoms with E-state index in [4.69, 9.17) is 9.47 Å². The SMILES string of the molecule is O=C1CCCN1c1ccc2c(c1)OC[C@H]1[C@H](CO)OC(=O)N21. The van der Waals surface area contributed by atoms with E-state index in [9.17, 15) is 14.7 Å². The van der Waals surface area contributed by atoms with E-state index in [-0.39, 0.29) is 25.2 Å². The number of cyclic esters (lactones) is 1. The maximum atomic E-state index is 12.0. The fraction of sp³-hybridized carbons (Fsp3) is 0.467. The summed E-state index contributed by atoms with van der Waals surface area (Å²) in [4.78, 5) is 27.1. The summed E-state index contributed by atoms with van der Waals surface area (Å²) in [6, 6.07) is 5.05. The fourth-order valence-corrected chi connectivity index (χ4v) is 3.27. The van der Waals surface area contributed by atoms with E-state index in [1.54, 1.807) is 17.0 Å². The van der Waals surface area contributed by atoms with Gasteiger partial charge in [-0.2, -0.15) is 0 Å². The van der Waals surface area contributed by atoms with Crippen molar-refractivity contribution >= 4 is 23.4 Å². The number of hydrogen-bond acceptors (Lipinski definition) is 5. The highest BCUT2D eigenvalue weighted by Gasteiger charge is 2.46. The highest BCUT2D eigenvalue weighted by atomic mass is 16.6. The Morgan fingerprint density at radius 3 is 2.91 bits per heavy atom. The molecule has 0 aromatic heterocycles. The molecule has 7 heteroatoms. The number of hydrogen-bond donors (Lipinski definition) is 1. The smallest absolute Gasteiger partial charge is 0.415 e. The number of anilines is 2. The van der Waals surface area contributed by atoms with E-state index in [2.05, 4.69) is 0 Å². The van der Waals surface area contributed by atoms with Crippen LogP contribution in [0.25, 0.3) is 0 Å². The number of carbonyl (C=O) groups excluding carboxylic acids is 2. The first kappa shape index (κ1) is 13.4. The summed E-state index contributed by atoms with van der Waals surface area (Å²) in [5, 5.41) is 9.28. The van der Waals surface area contributed by atoms with Crippen LogP contribution in [0.5, 0.6) is 5.75 Å². The van der Waals surface area contributed by atoms with Crippen LogP contribution in [0.1, 0.15) is 12.8 Å². The topological polar surface area (TPSA) is 79.3 Å². The summed E-state index contributed by atoms with van der Waals surface area (Å²) in [6.45, 7) is 0.742. The summed E-state index contributed by atoms with van der Waals surface area (Å²) in [7, 11) is 0. The average molecular weight is 304 g/mol. The van der Waals surface area contributed by atoms with Crippen LogP contribution in [0.4, 0.5) is 16.2 Å². The number of ether oxygens (including phenoxy) is 2. The molecule has 2 atom stereocenters. The Labute approximate surface area is 127 Å². The molecule has 0 bridgehead atoms. The summed E-state index contributed by atoms with van der Waals surface area (Å²) in [5.74, 6) is 0.665. The molecule has 1 aromatic carbocycles. The van der Waals surface area contributed by atoms with Gasteiger partial charge in [0.15, 0.2) is 6.10 Å². The van der Waals surface area contributed by atoms with E-state index < -0.39 is 12.2 Å². The van der Waals surface area contributed by atoms with Gasteiger partial charge in [-0.15, -0.1) is 0 Å². The number of fused-ring (bicyclic) bond motifs is 3. The third kappa shape index (κ3) is 1.85. The molecule has 2 amide bonds. The lowest BCUT2D eigenvalue weighted by atomic mass is 10.1. The highest BCUT2D eigenvalue weighted by molar-refractivity contribution is 5.97. The van der Waals surface area contributed by atoms with Crippen molar-refractivity contribution in [2.75, 3.05) is 29.6 Å². The Morgan fingerprint density at radius 2 is 2.18 bits per heavy atom. The summed E-state index contributed by atoms with van der Waals surface area (Å²) >= 11 is 0. The van der Waals surface area contributed by atoms with Gasteiger partial charge >= 0.3 is 6.09 Å². The quantitative estimate of drug-likeness (QED) is 0.878. The van der Waals surface area contributed by atoms with Crippen LogP contribution in [0.2, 0.25) is 0 Å². The standard InChI is InChI=1S/C15H16N2O5/c18-7-13-11-8-21-12-6-9(16-5-1-2-14(16)19)3-4-10(12)17(11)15(20)22-13/h3-4,6,11,13,18H,1-2,5,7-8H2/t11-,13-/m0/s1. The molecule has 2 saturated heterocycles. The Bertz CT molecular complexity index is 647. The Balaban J connectivity index is 1.68. The molecule has 0 radical (unpaired) electrons. The molecule has 0 unspecified atom stereocenters. The molecule has 0 aliphatic carbocycles. The molecule has 2 fully saturated rings. The Kier molecular flexibility index (Phi) is 2.97. The Hall–Kier alpha value is -2.28. The van der Waals surface area contributed by atoms with Crippen molar-refractivity contribution in [2.24, 2.45) is 0 Å². The van der Waals surface area contributed by atoms with Crippen molar-refractivity contribution in [3.63, 3.8) is 0 Å². The lowest BCUT2D eigenvalue weighted by Crippen LogP contribution is -2.45. The van der Waals surface area contributed by atoms with Gasteiger partial charge in [-0.1, -0.05) is 0 Å². The first-order valence-electron chi connectivity index (χ1n) is 7.37. The van der Waals surface area contributed by atoms with Gasteiger partial charge < -0.3 is 19.5 Å². The molecule has 4 rings (SSSR count). The second-order valence-electron chi connectivity index (χ2n) is 5.65. The lowest BCUT2D eigenvalue weighted by Gasteiger charge is -2.31. The van der Waals surface area contributed by atoms with Gasteiger partial charge in [0.1, 0.15) is 18.4 Å². The van der Waals surface area contributed by atoms with Gasteiger partial charge in [0.25, 0.3) is 0 Å². The average Bonchev–Trinajstić information content (AvgIpc) is 3.10. The zero-order valence-electron chi connectivity index (χ0n) is 11.9. The number of nitrogens with zero attached hydrogens (tertiary/aromatic N) is 2. The van der Waals surface area contributed by atoms with Crippen LogP contribution in [0, 0.1) is 0 Å². The number of amides is 2. The summed E-state index contributed by atoms with van der Waals surface area (Å²) < 4.78 is 10.9. The molecule has 3 aliphatic rings. The zero-order valence-corrected chi connectivity index (χ0v) is 11.9.